The standard InChI is InChI=1S/C12H14N4O6S/c13-9(17)3-2-8(12(19)20)15-10(18)6-23-11-4-1-7(5-14-11)16(21)22/h1,4-5,8H,2-3,6H2,(H2,13,17)(H,15,18)(H,19,20). The Morgan fingerprint density at radius 1 is 1.43 bits per heavy atom. The molecule has 0 radical (unpaired) electrons. The first-order valence-electron chi connectivity index (χ1n) is 6.33. The number of carbonyl (C=O) groups is 3. The van der Waals surface area contributed by atoms with Gasteiger partial charge in [-0.25, -0.2) is 9.78 Å². The highest BCUT2D eigenvalue weighted by Crippen LogP contribution is 2.17. The maximum atomic E-state index is 11.7. The van der Waals surface area contributed by atoms with Crippen molar-refractivity contribution in [1.29, 1.82) is 0 Å². The molecule has 23 heavy (non-hydrogen) atoms. The molecule has 2 amide bonds. The molecule has 1 unspecified atom stereocenters. The summed E-state index contributed by atoms with van der Waals surface area (Å²) in [6, 6.07) is 1.43. The summed E-state index contributed by atoms with van der Waals surface area (Å²) in [4.78, 5) is 47.0. The molecule has 11 heteroatoms. The number of carboxylic acids is 1. The number of aliphatic carboxylic acids is 1. The number of thioether (sulfide) groups is 1. The van der Waals surface area contributed by atoms with Crippen LogP contribution < -0.4 is 11.1 Å². The fraction of sp³-hybridized carbons (Fsp3) is 0.333. The molecule has 0 spiro atoms. The predicted molar refractivity (Wildman–Crippen MR) is 79.6 cm³/mol. The summed E-state index contributed by atoms with van der Waals surface area (Å²) in [5.74, 6) is -2.61. The monoisotopic (exact) mass is 342 g/mol. The third kappa shape index (κ3) is 6.74. The van der Waals surface area contributed by atoms with Crippen LogP contribution in [0, 0.1) is 10.1 Å². The molecule has 124 valence electrons. The number of nitrogens with zero attached hydrogens (tertiary/aromatic N) is 2. The van der Waals surface area contributed by atoms with E-state index in [0.29, 0.717) is 5.03 Å². The lowest BCUT2D eigenvalue weighted by atomic mass is 10.1. The van der Waals surface area contributed by atoms with Gasteiger partial charge in [0.05, 0.1) is 15.7 Å². The van der Waals surface area contributed by atoms with Crippen LogP contribution in [-0.4, -0.2) is 44.6 Å². The molecule has 0 bridgehead atoms. The van der Waals surface area contributed by atoms with Gasteiger partial charge in [0.2, 0.25) is 11.8 Å². The van der Waals surface area contributed by atoms with E-state index in [1.54, 1.807) is 0 Å². The van der Waals surface area contributed by atoms with Crippen LogP contribution in [0.2, 0.25) is 0 Å². The fourth-order valence-electron chi connectivity index (χ4n) is 1.49. The molecule has 1 aromatic rings. The van der Waals surface area contributed by atoms with Gasteiger partial charge in [0.1, 0.15) is 12.2 Å². The molecule has 0 aliphatic rings. The molecule has 1 atom stereocenters. The van der Waals surface area contributed by atoms with Crippen LogP contribution in [0.1, 0.15) is 12.8 Å². The highest BCUT2D eigenvalue weighted by atomic mass is 32.2. The molecule has 1 rings (SSSR count). The van der Waals surface area contributed by atoms with Crippen LogP contribution >= 0.6 is 11.8 Å². The van der Waals surface area contributed by atoms with E-state index >= 15 is 0 Å². The fourth-order valence-corrected chi connectivity index (χ4v) is 2.14. The van der Waals surface area contributed by atoms with Crippen LogP contribution in [0.3, 0.4) is 0 Å². The molecule has 0 aliphatic heterocycles. The lowest BCUT2D eigenvalue weighted by molar-refractivity contribution is -0.385. The number of hydrogen-bond donors (Lipinski definition) is 3. The average Bonchev–Trinajstić information content (AvgIpc) is 2.49. The normalized spacial score (nSPS) is 11.5. The molecular formula is C12H14N4O6S. The zero-order chi connectivity index (χ0) is 17.4. The van der Waals surface area contributed by atoms with E-state index < -0.39 is 28.7 Å². The van der Waals surface area contributed by atoms with Gasteiger partial charge >= 0.3 is 5.97 Å². The van der Waals surface area contributed by atoms with Gasteiger partial charge in [-0.2, -0.15) is 0 Å². The Balaban J connectivity index is 2.49. The quantitative estimate of drug-likeness (QED) is 0.318. The summed E-state index contributed by atoms with van der Waals surface area (Å²) in [6.45, 7) is 0. The van der Waals surface area contributed by atoms with E-state index in [9.17, 15) is 24.5 Å². The number of nitrogens with two attached hydrogens (primary N) is 1. The van der Waals surface area contributed by atoms with Gasteiger partial charge in [-0.3, -0.25) is 19.7 Å². The lowest BCUT2D eigenvalue weighted by Crippen LogP contribution is -2.42. The number of pyridine rings is 1. The summed E-state index contributed by atoms with van der Waals surface area (Å²) >= 11 is 0.997. The van der Waals surface area contributed by atoms with E-state index in [-0.39, 0.29) is 24.3 Å². The second-order valence-corrected chi connectivity index (χ2v) is 5.36. The number of primary amides is 1. The zero-order valence-electron chi connectivity index (χ0n) is 11.8. The molecule has 0 aromatic carbocycles. The number of nitro groups is 1. The van der Waals surface area contributed by atoms with Crippen molar-refractivity contribution in [1.82, 2.24) is 10.3 Å². The minimum atomic E-state index is -1.27. The first kappa shape index (κ1) is 18.4. The highest BCUT2D eigenvalue weighted by Gasteiger charge is 2.20. The Morgan fingerprint density at radius 2 is 2.13 bits per heavy atom. The Hall–Kier alpha value is -2.69. The maximum absolute atomic E-state index is 11.7. The molecule has 0 fully saturated rings. The molecule has 4 N–H and O–H groups in total. The molecule has 0 aliphatic carbocycles. The van der Waals surface area contributed by atoms with Crippen LogP contribution in [0.5, 0.6) is 0 Å². The first-order valence-corrected chi connectivity index (χ1v) is 7.32. The Morgan fingerprint density at radius 3 is 2.61 bits per heavy atom. The summed E-state index contributed by atoms with van der Waals surface area (Å²) in [7, 11) is 0. The first-order chi connectivity index (χ1) is 10.8. The molecule has 1 aromatic heterocycles. The summed E-state index contributed by atoms with van der Waals surface area (Å²) < 4.78 is 0. The van der Waals surface area contributed by atoms with Crippen LogP contribution in [0.4, 0.5) is 5.69 Å². The molecule has 10 nitrogen and oxygen atoms in total. The largest absolute Gasteiger partial charge is 0.480 e. The van der Waals surface area contributed by atoms with Crippen LogP contribution in [-0.2, 0) is 14.4 Å². The van der Waals surface area contributed by atoms with Crippen LogP contribution in [0.25, 0.3) is 0 Å². The molecular weight excluding hydrogens is 328 g/mol. The Bertz CT molecular complexity index is 606. The summed E-state index contributed by atoms with van der Waals surface area (Å²) in [6.07, 6.45) is 0.804. The van der Waals surface area contributed by atoms with E-state index in [2.05, 4.69) is 10.3 Å². The van der Waals surface area contributed by atoms with Gasteiger partial charge in [0.25, 0.3) is 5.69 Å². The second kappa shape index (κ2) is 8.68. The topological polar surface area (TPSA) is 166 Å². The Labute approximate surface area is 134 Å². The van der Waals surface area contributed by atoms with Gasteiger partial charge in [-0.1, -0.05) is 11.8 Å². The SMILES string of the molecule is NC(=O)CCC(NC(=O)CSc1ccc([N+](=O)[O-])cn1)C(=O)O. The molecule has 1 heterocycles. The van der Waals surface area contributed by atoms with Gasteiger partial charge in [0.15, 0.2) is 0 Å². The third-order valence-electron chi connectivity index (χ3n) is 2.60. The summed E-state index contributed by atoms with van der Waals surface area (Å²) in [5, 5.41) is 22.1. The van der Waals surface area contributed by atoms with Crippen molar-refractivity contribution in [3.63, 3.8) is 0 Å². The minimum absolute atomic E-state index is 0.100. The number of aromatic nitrogens is 1. The van der Waals surface area contributed by atoms with Crippen molar-refractivity contribution < 1.29 is 24.4 Å². The number of nitrogens with one attached hydrogen (secondary N) is 1. The van der Waals surface area contributed by atoms with Crippen molar-refractivity contribution in [3.05, 3.63) is 28.4 Å². The lowest BCUT2D eigenvalue weighted by Gasteiger charge is -2.13. The van der Waals surface area contributed by atoms with Crippen molar-refractivity contribution in [2.45, 2.75) is 23.9 Å². The zero-order valence-corrected chi connectivity index (χ0v) is 12.6. The maximum Gasteiger partial charge on any atom is 0.326 e. The molecule has 0 saturated carbocycles. The number of carbonyl (C=O) groups excluding carboxylic acids is 2. The van der Waals surface area contributed by atoms with Crippen molar-refractivity contribution in [3.8, 4) is 0 Å². The van der Waals surface area contributed by atoms with Gasteiger partial charge in [-0.05, 0) is 12.5 Å². The number of carboxylic acid groups (broad SMARTS) is 1. The van der Waals surface area contributed by atoms with Gasteiger partial charge in [0, 0.05) is 12.5 Å². The van der Waals surface area contributed by atoms with E-state index in [1.807, 2.05) is 0 Å². The van der Waals surface area contributed by atoms with E-state index in [1.165, 1.54) is 12.1 Å². The van der Waals surface area contributed by atoms with Gasteiger partial charge in [-0.15, -0.1) is 0 Å². The number of rotatable bonds is 9. The van der Waals surface area contributed by atoms with E-state index in [4.69, 9.17) is 10.8 Å². The predicted octanol–water partition coefficient (Wildman–Crippen LogP) is -0.0832. The third-order valence-corrected chi connectivity index (χ3v) is 3.54. The highest BCUT2D eigenvalue weighted by molar-refractivity contribution is 7.99. The summed E-state index contributed by atoms with van der Waals surface area (Å²) in [5.41, 5.74) is 4.76. The average molecular weight is 342 g/mol. The Kier molecular flexibility index (Phi) is 6.93. The van der Waals surface area contributed by atoms with E-state index in [0.717, 1.165) is 18.0 Å². The smallest absolute Gasteiger partial charge is 0.326 e. The second-order valence-electron chi connectivity index (χ2n) is 4.36. The minimum Gasteiger partial charge on any atom is -0.480 e. The molecule has 0 saturated heterocycles. The van der Waals surface area contributed by atoms with Gasteiger partial charge < -0.3 is 16.2 Å². The van der Waals surface area contributed by atoms with Crippen molar-refractivity contribution in [2.75, 3.05) is 5.75 Å². The number of hydrogen-bond acceptors (Lipinski definition) is 7. The van der Waals surface area contributed by atoms with Crippen LogP contribution in [0.15, 0.2) is 23.4 Å². The van der Waals surface area contributed by atoms with Crippen molar-refractivity contribution >= 4 is 35.2 Å². The number of amides is 2. The van der Waals surface area contributed by atoms with Crippen molar-refractivity contribution in [2.24, 2.45) is 5.73 Å².